The van der Waals surface area contributed by atoms with Crippen LogP contribution in [0.15, 0.2) is 42.6 Å². The zero-order valence-electron chi connectivity index (χ0n) is 20.7. The molecule has 0 aliphatic rings. The molecule has 0 bridgehead atoms. The van der Waals surface area contributed by atoms with E-state index in [0.717, 1.165) is 33.6 Å². The average Bonchev–Trinajstić information content (AvgIpc) is 3.16. The molecule has 4 aromatic rings. The van der Waals surface area contributed by atoms with E-state index in [-0.39, 0.29) is 11.6 Å². The number of pyridine rings is 1. The molecule has 0 saturated carbocycles. The third kappa shape index (κ3) is 4.63. The Labute approximate surface area is 204 Å². The number of rotatable bonds is 5. The highest BCUT2D eigenvalue weighted by atomic mass is 16.3. The summed E-state index contributed by atoms with van der Waals surface area (Å²) in [5.74, 6) is -0.388. The molecule has 8 nitrogen and oxygen atoms in total. The van der Waals surface area contributed by atoms with Gasteiger partial charge in [0.25, 0.3) is 5.91 Å². The number of aryl methyl sites for hydroxylation is 2. The normalized spacial score (nSPS) is 12.4. The molecule has 1 amide bonds. The minimum absolute atomic E-state index is 0.214. The van der Waals surface area contributed by atoms with Crippen LogP contribution >= 0.6 is 0 Å². The number of nitrogens with zero attached hydrogens (tertiary/aromatic N) is 5. The van der Waals surface area contributed by atoms with Crippen molar-refractivity contribution in [3.8, 4) is 28.5 Å². The van der Waals surface area contributed by atoms with Crippen LogP contribution in [0, 0.1) is 32.1 Å². The smallest absolute Gasteiger partial charge is 0.270 e. The summed E-state index contributed by atoms with van der Waals surface area (Å²) in [5.41, 5.74) is 5.84. The number of aliphatic hydroxyl groups is 1. The molecule has 0 unspecified atom stereocenters. The molecule has 3 aromatic heterocycles. The Hall–Kier alpha value is -4.09. The van der Waals surface area contributed by atoms with Crippen molar-refractivity contribution in [2.24, 2.45) is 0 Å². The summed E-state index contributed by atoms with van der Waals surface area (Å²) in [6.07, 6.45) is 1.70. The number of nitrogens with one attached hydrogen (secondary N) is 1. The molecular weight excluding hydrogens is 440 g/mol. The van der Waals surface area contributed by atoms with Gasteiger partial charge < -0.3 is 10.4 Å². The highest BCUT2D eigenvalue weighted by molar-refractivity contribution is 5.96. The van der Waals surface area contributed by atoms with Crippen molar-refractivity contribution >= 4 is 11.6 Å². The van der Waals surface area contributed by atoms with E-state index in [1.807, 2.05) is 45.0 Å². The molecular formula is C27H28N6O2. The van der Waals surface area contributed by atoms with Gasteiger partial charge >= 0.3 is 0 Å². The monoisotopic (exact) mass is 468 g/mol. The highest BCUT2D eigenvalue weighted by Crippen LogP contribution is 2.37. The van der Waals surface area contributed by atoms with Gasteiger partial charge in [-0.3, -0.25) is 9.78 Å². The number of fused-ring (bicyclic) bond motifs is 1. The van der Waals surface area contributed by atoms with Crippen molar-refractivity contribution < 1.29 is 9.90 Å². The van der Waals surface area contributed by atoms with Crippen molar-refractivity contribution in [1.82, 2.24) is 24.9 Å². The topological polar surface area (TPSA) is 116 Å². The van der Waals surface area contributed by atoms with E-state index in [0.29, 0.717) is 16.9 Å². The van der Waals surface area contributed by atoms with Crippen LogP contribution in [0.3, 0.4) is 0 Å². The fraction of sp³-hybridized carbons (Fsp3) is 0.296. The lowest BCUT2D eigenvalue weighted by Gasteiger charge is -2.26. The summed E-state index contributed by atoms with van der Waals surface area (Å²) in [4.78, 5) is 22.1. The van der Waals surface area contributed by atoms with Crippen molar-refractivity contribution in [1.29, 1.82) is 5.26 Å². The molecule has 35 heavy (non-hydrogen) atoms. The molecule has 0 aliphatic carbocycles. The summed E-state index contributed by atoms with van der Waals surface area (Å²) in [6.45, 7) is 10.8. The number of carbonyl (C=O) groups is 1. The SMILES string of the molecule is Cc1cc(-c2c(-c3cccc(C#N)c3C)nn3ccc(C(=O)N[C@H](C)C(C)(C)O)nc23)cc(C)n1. The first-order valence-corrected chi connectivity index (χ1v) is 11.4. The van der Waals surface area contributed by atoms with Gasteiger partial charge in [-0.25, -0.2) is 9.50 Å². The van der Waals surface area contributed by atoms with Crippen LogP contribution in [-0.4, -0.2) is 42.2 Å². The largest absolute Gasteiger partial charge is 0.388 e. The van der Waals surface area contributed by atoms with Crippen molar-refractivity contribution in [2.75, 3.05) is 0 Å². The Balaban J connectivity index is 1.96. The second-order valence-electron chi connectivity index (χ2n) is 9.38. The van der Waals surface area contributed by atoms with Crippen molar-refractivity contribution in [3.63, 3.8) is 0 Å². The van der Waals surface area contributed by atoms with Gasteiger partial charge in [0.2, 0.25) is 0 Å². The van der Waals surface area contributed by atoms with Gasteiger partial charge in [-0.05, 0) is 76.9 Å². The van der Waals surface area contributed by atoms with Gasteiger partial charge in [0, 0.05) is 23.1 Å². The number of hydrogen-bond donors (Lipinski definition) is 2. The van der Waals surface area contributed by atoms with Crippen LogP contribution in [0.4, 0.5) is 0 Å². The number of amides is 1. The molecule has 1 atom stereocenters. The van der Waals surface area contributed by atoms with Gasteiger partial charge in [0.15, 0.2) is 5.65 Å². The lowest BCUT2D eigenvalue weighted by molar-refractivity contribution is 0.0407. The number of aromatic nitrogens is 4. The summed E-state index contributed by atoms with van der Waals surface area (Å²) in [6, 6.07) is 12.8. The number of carbonyl (C=O) groups excluding carboxylic acids is 1. The van der Waals surface area contributed by atoms with E-state index in [1.165, 1.54) is 0 Å². The highest BCUT2D eigenvalue weighted by Gasteiger charge is 2.26. The first kappa shape index (κ1) is 24.0. The Morgan fingerprint density at radius 2 is 1.83 bits per heavy atom. The first-order chi connectivity index (χ1) is 16.5. The maximum atomic E-state index is 13.0. The molecule has 8 heteroatoms. The predicted octanol–water partition coefficient (Wildman–Crippen LogP) is 4.14. The van der Waals surface area contributed by atoms with Gasteiger partial charge in [0.1, 0.15) is 11.4 Å². The Morgan fingerprint density at radius 1 is 1.14 bits per heavy atom. The number of benzene rings is 1. The van der Waals surface area contributed by atoms with Crippen LogP contribution in [0.2, 0.25) is 0 Å². The lowest BCUT2D eigenvalue weighted by Crippen LogP contribution is -2.47. The molecule has 0 aliphatic heterocycles. The zero-order chi connectivity index (χ0) is 25.5. The molecule has 0 fully saturated rings. The molecule has 4 rings (SSSR count). The Morgan fingerprint density at radius 3 is 2.46 bits per heavy atom. The number of nitriles is 1. The Kier molecular flexibility index (Phi) is 6.14. The second-order valence-corrected chi connectivity index (χ2v) is 9.38. The molecule has 3 heterocycles. The third-order valence-corrected chi connectivity index (χ3v) is 6.20. The summed E-state index contributed by atoms with van der Waals surface area (Å²) in [5, 5.41) is 27.4. The number of hydrogen-bond acceptors (Lipinski definition) is 6. The van der Waals surface area contributed by atoms with Crippen LogP contribution in [0.1, 0.15) is 53.8 Å². The first-order valence-electron chi connectivity index (χ1n) is 11.4. The van der Waals surface area contributed by atoms with E-state index in [4.69, 9.17) is 5.10 Å². The quantitative estimate of drug-likeness (QED) is 0.455. The van der Waals surface area contributed by atoms with Crippen molar-refractivity contribution in [2.45, 2.75) is 53.2 Å². The standard InChI is InChI=1S/C27H28N6O2/c1-15-12-20(13-16(2)29-15)23-24(21-9-7-8-19(14-28)17(21)3)32-33-11-10-22(31-25(23)33)26(34)30-18(4)27(5,6)35/h7-13,18,35H,1-6H3,(H,30,34)/t18-/m1/s1. The third-order valence-electron chi connectivity index (χ3n) is 6.20. The molecule has 0 saturated heterocycles. The fourth-order valence-electron chi connectivity index (χ4n) is 3.95. The molecule has 2 N–H and O–H groups in total. The Bertz CT molecular complexity index is 1470. The van der Waals surface area contributed by atoms with Crippen molar-refractivity contribution in [3.05, 3.63) is 70.8 Å². The minimum atomic E-state index is -1.08. The minimum Gasteiger partial charge on any atom is -0.388 e. The van der Waals surface area contributed by atoms with Crippen LogP contribution in [0.25, 0.3) is 28.0 Å². The van der Waals surface area contributed by atoms with Crippen LogP contribution < -0.4 is 5.32 Å². The molecule has 1 aromatic carbocycles. The molecule has 0 spiro atoms. The predicted molar refractivity (Wildman–Crippen MR) is 134 cm³/mol. The molecule has 178 valence electrons. The van der Waals surface area contributed by atoms with Gasteiger partial charge in [-0.1, -0.05) is 12.1 Å². The molecule has 0 radical (unpaired) electrons. The van der Waals surface area contributed by atoms with E-state index >= 15 is 0 Å². The van der Waals surface area contributed by atoms with Gasteiger partial charge in [-0.2, -0.15) is 10.4 Å². The lowest BCUT2D eigenvalue weighted by atomic mass is 9.95. The maximum absolute atomic E-state index is 13.0. The second kappa shape index (κ2) is 8.93. The van der Waals surface area contributed by atoms with E-state index in [1.54, 1.807) is 43.6 Å². The summed E-state index contributed by atoms with van der Waals surface area (Å²) < 4.78 is 1.64. The summed E-state index contributed by atoms with van der Waals surface area (Å²) >= 11 is 0. The maximum Gasteiger partial charge on any atom is 0.270 e. The average molecular weight is 469 g/mol. The zero-order valence-corrected chi connectivity index (χ0v) is 20.7. The van der Waals surface area contributed by atoms with Crippen LogP contribution in [-0.2, 0) is 0 Å². The van der Waals surface area contributed by atoms with Crippen LogP contribution in [0.5, 0.6) is 0 Å². The summed E-state index contributed by atoms with van der Waals surface area (Å²) in [7, 11) is 0. The fourth-order valence-corrected chi connectivity index (χ4v) is 3.95. The van der Waals surface area contributed by atoms with Gasteiger partial charge in [0.05, 0.1) is 28.8 Å². The van der Waals surface area contributed by atoms with E-state index < -0.39 is 11.6 Å². The van der Waals surface area contributed by atoms with Gasteiger partial charge in [-0.15, -0.1) is 0 Å². The van der Waals surface area contributed by atoms with E-state index in [9.17, 15) is 15.2 Å². The van der Waals surface area contributed by atoms with E-state index in [2.05, 4.69) is 21.4 Å².